The number of pyridine rings is 1. The molecule has 0 aliphatic rings. The summed E-state index contributed by atoms with van der Waals surface area (Å²) in [5.41, 5.74) is 8.82. The number of imidazole rings is 1. The van der Waals surface area contributed by atoms with Crippen LogP contribution in [0.1, 0.15) is 5.56 Å². The average molecular weight is 281 g/mol. The van der Waals surface area contributed by atoms with Crippen molar-refractivity contribution in [3.05, 3.63) is 54.4 Å². The molecule has 106 valence electrons. The predicted molar refractivity (Wildman–Crippen MR) is 80.1 cm³/mol. The molecule has 5 nitrogen and oxygen atoms in total. The Labute approximate surface area is 122 Å². The van der Waals surface area contributed by atoms with Crippen LogP contribution in [0.5, 0.6) is 5.75 Å². The lowest BCUT2D eigenvalue weighted by Crippen LogP contribution is -2.14. The van der Waals surface area contributed by atoms with Crippen LogP contribution in [0.2, 0.25) is 0 Å². The van der Waals surface area contributed by atoms with Crippen molar-refractivity contribution >= 4 is 11.6 Å². The second-order valence-corrected chi connectivity index (χ2v) is 4.75. The third-order valence-electron chi connectivity index (χ3n) is 3.34. The molecule has 2 aromatic heterocycles. The van der Waals surface area contributed by atoms with Crippen LogP contribution in [0.25, 0.3) is 16.9 Å². The van der Waals surface area contributed by atoms with Crippen LogP contribution in [0.3, 0.4) is 0 Å². The zero-order chi connectivity index (χ0) is 14.8. The summed E-state index contributed by atoms with van der Waals surface area (Å²) in [6.45, 7) is 0. The van der Waals surface area contributed by atoms with Crippen molar-refractivity contribution in [2.24, 2.45) is 5.73 Å². The molecular weight excluding hydrogens is 266 g/mol. The zero-order valence-electron chi connectivity index (χ0n) is 11.6. The number of benzene rings is 1. The topological polar surface area (TPSA) is 69.6 Å². The minimum absolute atomic E-state index is 0.130. The fourth-order valence-electron chi connectivity index (χ4n) is 2.38. The SMILES string of the molecule is COc1cc2ncc(-c3ccccc3)n2cc1CC(N)=O. The van der Waals surface area contributed by atoms with E-state index in [0.717, 1.165) is 22.5 Å². The summed E-state index contributed by atoms with van der Waals surface area (Å²) in [4.78, 5) is 15.6. The first kappa shape index (κ1) is 13.2. The first-order chi connectivity index (χ1) is 10.2. The second-order valence-electron chi connectivity index (χ2n) is 4.75. The van der Waals surface area contributed by atoms with Gasteiger partial charge in [0.05, 0.1) is 25.4 Å². The van der Waals surface area contributed by atoms with E-state index in [2.05, 4.69) is 4.98 Å². The molecule has 3 rings (SSSR count). The van der Waals surface area contributed by atoms with E-state index in [0.29, 0.717) is 5.75 Å². The highest BCUT2D eigenvalue weighted by Gasteiger charge is 2.12. The number of ether oxygens (including phenoxy) is 1. The lowest BCUT2D eigenvalue weighted by atomic mass is 10.1. The van der Waals surface area contributed by atoms with Crippen LogP contribution < -0.4 is 10.5 Å². The van der Waals surface area contributed by atoms with Gasteiger partial charge in [-0.25, -0.2) is 4.98 Å². The summed E-state index contributed by atoms with van der Waals surface area (Å²) >= 11 is 0. The van der Waals surface area contributed by atoms with Gasteiger partial charge in [0, 0.05) is 23.4 Å². The highest BCUT2D eigenvalue weighted by molar-refractivity contribution is 5.78. The molecule has 0 saturated carbocycles. The number of methoxy groups -OCH3 is 1. The van der Waals surface area contributed by atoms with Gasteiger partial charge in [0.2, 0.25) is 5.91 Å². The maximum Gasteiger partial charge on any atom is 0.222 e. The molecule has 0 fully saturated rings. The molecule has 0 radical (unpaired) electrons. The molecule has 0 atom stereocenters. The Balaban J connectivity index is 2.19. The van der Waals surface area contributed by atoms with Gasteiger partial charge in [0.1, 0.15) is 11.4 Å². The molecule has 2 N–H and O–H groups in total. The van der Waals surface area contributed by atoms with Crippen LogP contribution in [0.4, 0.5) is 0 Å². The molecule has 1 aromatic carbocycles. The minimum Gasteiger partial charge on any atom is -0.496 e. The summed E-state index contributed by atoms with van der Waals surface area (Å²) < 4.78 is 7.25. The van der Waals surface area contributed by atoms with E-state index < -0.39 is 5.91 Å². The number of amides is 1. The number of primary amides is 1. The predicted octanol–water partition coefficient (Wildman–Crippen LogP) is 2.04. The van der Waals surface area contributed by atoms with Gasteiger partial charge in [0.15, 0.2) is 0 Å². The number of rotatable bonds is 4. The van der Waals surface area contributed by atoms with Crippen molar-refractivity contribution in [3.63, 3.8) is 0 Å². The molecular formula is C16H15N3O2. The molecule has 3 aromatic rings. The fraction of sp³-hybridized carbons (Fsp3) is 0.125. The summed E-state index contributed by atoms with van der Waals surface area (Å²) in [5.74, 6) is 0.223. The van der Waals surface area contributed by atoms with Crippen molar-refractivity contribution in [2.45, 2.75) is 6.42 Å². The lowest BCUT2D eigenvalue weighted by Gasteiger charge is -2.09. The van der Waals surface area contributed by atoms with Crippen molar-refractivity contribution in [2.75, 3.05) is 7.11 Å². The second kappa shape index (κ2) is 5.28. The number of nitrogens with two attached hydrogens (primary N) is 1. The summed E-state index contributed by atoms with van der Waals surface area (Å²) in [7, 11) is 1.57. The van der Waals surface area contributed by atoms with Gasteiger partial charge in [-0.1, -0.05) is 30.3 Å². The van der Waals surface area contributed by atoms with E-state index in [1.165, 1.54) is 0 Å². The highest BCUT2D eigenvalue weighted by Crippen LogP contribution is 2.26. The molecule has 1 amide bonds. The Kier molecular flexibility index (Phi) is 3.31. The minimum atomic E-state index is -0.394. The normalized spacial score (nSPS) is 10.7. The average Bonchev–Trinajstić information content (AvgIpc) is 2.89. The molecule has 0 aliphatic heterocycles. The molecule has 0 bridgehead atoms. The first-order valence-corrected chi connectivity index (χ1v) is 6.56. The number of hydrogen-bond acceptors (Lipinski definition) is 3. The third-order valence-corrected chi connectivity index (χ3v) is 3.34. The Bertz CT molecular complexity index is 794. The summed E-state index contributed by atoms with van der Waals surface area (Å²) in [6.07, 6.45) is 3.79. The van der Waals surface area contributed by atoms with E-state index >= 15 is 0 Å². The lowest BCUT2D eigenvalue weighted by molar-refractivity contribution is -0.117. The molecule has 0 spiro atoms. The first-order valence-electron chi connectivity index (χ1n) is 6.56. The van der Waals surface area contributed by atoms with Crippen molar-refractivity contribution in [3.8, 4) is 17.0 Å². The van der Waals surface area contributed by atoms with E-state index in [9.17, 15) is 4.79 Å². The standard InChI is InChI=1S/C16H15N3O2/c1-21-14-8-16-18-9-13(11-5-3-2-4-6-11)19(16)10-12(14)7-15(17)20/h2-6,8-10H,7H2,1H3,(H2,17,20). The number of fused-ring (bicyclic) bond motifs is 1. The quantitative estimate of drug-likeness (QED) is 0.795. The molecule has 0 saturated heterocycles. The van der Waals surface area contributed by atoms with Crippen LogP contribution in [0.15, 0.2) is 48.8 Å². The monoisotopic (exact) mass is 281 g/mol. The maximum absolute atomic E-state index is 11.2. The van der Waals surface area contributed by atoms with Gasteiger partial charge in [-0.05, 0) is 0 Å². The van der Waals surface area contributed by atoms with E-state index in [4.69, 9.17) is 10.5 Å². The number of hydrogen-bond donors (Lipinski definition) is 1. The van der Waals surface area contributed by atoms with Crippen LogP contribution in [0, 0.1) is 0 Å². The smallest absolute Gasteiger partial charge is 0.222 e. The van der Waals surface area contributed by atoms with Crippen LogP contribution >= 0.6 is 0 Å². The number of aromatic nitrogens is 2. The molecule has 2 heterocycles. The maximum atomic E-state index is 11.2. The van der Waals surface area contributed by atoms with Crippen molar-refractivity contribution < 1.29 is 9.53 Å². The van der Waals surface area contributed by atoms with E-state index in [-0.39, 0.29) is 6.42 Å². The van der Waals surface area contributed by atoms with Crippen LogP contribution in [-0.4, -0.2) is 22.4 Å². The zero-order valence-corrected chi connectivity index (χ0v) is 11.6. The largest absolute Gasteiger partial charge is 0.496 e. The van der Waals surface area contributed by atoms with Crippen molar-refractivity contribution in [1.82, 2.24) is 9.38 Å². The number of carbonyl (C=O) groups excluding carboxylic acids is 1. The van der Waals surface area contributed by atoms with Gasteiger partial charge in [0.25, 0.3) is 0 Å². The summed E-state index contributed by atoms with van der Waals surface area (Å²) in [5, 5.41) is 0. The fourth-order valence-corrected chi connectivity index (χ4v) is 2.38. The Morgan fingerprint density at radius 3 is 2.76 bits per heavy atom. The Hall–Kier alpha value is -2.82. The van der Waals surface area contributed by atoms with Gasteiger partial charge >= 0.3 is 0 Å². The highest BCUT2D eigenvalue weighted by atomic mass is 16.5. The number of nitrogens with zero attached hydrogens (tertiary/aromatic N) is 2. The summed E-state index contributed by atoms with van der Waals surface area (Å²) in [6, 6.07) is 11.8. The molecule has 21 heavy (non-hydrogen) atoms. The van der Waals surface area contributed by atoms with Gasteiger partial charge < -0.3 is 10.5 Å². The third kappa shape index (κ3) is 2.45. The number of carbonyl (C=O) groups is 1. The van der Waals surface area contributed by atoms with Gasteiger partial charge in [-0.15, -0.1) is 0 Å². The van der Waals surface area contributed by atoms with E-state index in [1.807, 2.05) is 47.0 Å². The molecule has 5 heteroatoms. The Morgan fingerprint density at radius 1 is 1.33 bits per heavy atom. The van der Waals surface area contributed by atoms with E-state index in [1.54, 1.807) is 13.3 Å². The molecule has 0 unspecified atom stereocenters. The van der Waals surface area contributed by atoms with Crippen molar-refractivity contribution in [1.29, 1.82) is 0 Å². The Morgan fingerprint density at radius 2 is 2.10 bits per heavy atom. The van der Waals surface area contributed by atoms with Gasteiger partial charge in [-0.3, -0.25) is 9.20 Å². The van der Waals surface area contributed by atoms with Gasteiger partial charge in [-0.2, -0.15) is 0 Å². The van der Waals surface area contributed by atoms with Crippen LogP contribution in [-0.2, 0) is 11.2 Å². The molecule has 0 aliphatic carbocycles.